The van der Waals surface area contributed by atoms with Crippen molar-refractivity contribution in [2.45, 2.75) is 38.5 Å². The van der Waals surface area contributed by atoms with Crippen molar-refractivity contribution in [2.24, 2.45) is 0 Å². The zero-order valence-electron chi connectivity index (χ0n) is 8.52. The molecule has 1 aliphatic rings. The number of likely N-dealkylation sites (tertiary alicyclic amines) is 1. The minimum atomic E-state index is 0. The molecule has 0 bridgehead atoms. The second kappa shape index (κ2) is 8.17. The first kappa shape index (κ1) is 12.6. The van der Waals surface area contributed by atoms with E-state index in [1.54, 1.807) is 0 Å². The van der Waals surface area contributed by atoms with E-state index in [4.69, 9.17) is 0 Å². The van der Waals surface area contributed by atoms with Gasteiger partial charge in [-0.15, -0.1) is 0 Å². The molecule has 0 unspecified atom stereocenters. The molecule has 0 radical (unpaired) electrons. The normalized spacial score (nSPS) is 17.8. The minimum Gasteiger partial charge on any atom is -0.343 e. The largest absolute Gasteiger partial charge is 1.00 e. The van der Waals surface area contributed by atoms with Crippen LogP contribution in [-0.2, 0) is 0 Å². The van der Waals surface area contributed by atoms with Gasteiger partial charge in [0.2, 0.25) is 0 Å². The smallest absolute Gasteiger partial charge is 0.343 e. The van der Waals surface area contributed by atoms with Crippen LogP contribution < -0.4 is 18.9 Å². The molecule has 0 saturated carbocycles. The SMILES string of the molecule is [CH2-]CCCCCN1CCCC1.[Li+]. The monoisotopic (exact) mass is 161 g/mol. The standard InChI is InChI=1S/C10H20N.Li/c1-2-3-4-5-8-11-9-6-7-10-11;/h1-10H2;/q-1;+1. The molecule has 1 nitrogen and oxygen atoms in total. The van der Waals surface area contributed by atoms with Gasteiger partial charge >= 0.3 is 18.9 Å². The molecule has 2 heteroatoms. The molecule has 1 saturated heterocycles. The van der Waals surface area contributed by atoms with Crippen LogP contribution >= 0.6 is 0 Å². The molecule has 0 atom stereocenters. The molecule has 0 aromatic heterocycles. The van der Waals surface area contributed by atoms with E-state index >= 15 is 0 Å². The number of hydrogen-bond donors (Lipinski definition) is 0. The summed E-state index contributed by atoms with van der Waals surface area (Å²) in [5, 5.41) is 0. The van der Waals surface area contributed by atoms with Crippen molar-refractivity contribution >= 4 is 0 Å². The van der Waals surface area contributed by atoms with Crippen LogP contribution in [0.25, 0.3) is 0 Å². The molecule has 1 rings (SSSR count). The van der Waals surface area contributed by atoms with Crippen molar-refractivity contribution in [3.05, 3.63) is 6.92 Å². The zero-order chi connectivity index (χ0) is 7.94. The Morgan fingerprint density at radius 3 is 2.25 bits per heavy atom. The molecule has 1 fully saturated rings. The van der Waals surface area contributed by atoms with Gasteiger partial charge in [-0.05, 0) is 38.9 Å². The van der Waals surface area contributed by atoms with Gasteiger partial charge in [0.05, 0.1) is 0 Å². The summed E-state index contributed by atoms with van der Waals surface area (Å²) in [5.74, 6) is 0. The molecule has 1 aliphatic heterocycles. The van der Waals surface area contributed by atoms with Crippen LogP contribution in [0.5, 0.6) is 0 Å². The zero-order valence-corrected chi connectivity index (χ0v) is 8.52. The van der Waals surface area contributed by atoms with Gasteiger partial charge in [-0.2, -0.15) is 6.42 Å². The van der Waals surface area contributed by atoms with Crippen LogP contribution in [0.2, 0.25) is 0 Å². The fraction of sp³-hybridized carbons (Fsp3) is 0.900. The third-order valence-electron chi connectivity index (χ3n) is 2.42. The van der Waals surface area contributed by atoms with E-state index in [1.165, 1.54) is 51.7 Å². The van der Waals surface area contributed by atoms with Gasteiger partial charge in [0.15, 0.2) is 0 Å². The number of nitrogens with zero attached hydrogens (tertiary/aromatic N) is 1. The Kier molecular flexibility index (Phi) is 8.55. The summed E-state index contributed by atoms with van der Waals surface area (Å²) in [6, 6.07) is 0. The molecule has 0 amide bonds. The average Bonchev–Trinajstić information content (AvgIpc) is 2.50. The Balaban J connectivity index is 0.00000121. The van der Waals surface area contributed by atoms with E-state index in [0.717, 1.165) is 6.42 Å². The molecular formula is C10H20LiN. The predicted molar refractivity (Wildman–Crippen MR) is 49.5 cm³/mol. The van der Waals surface area contributed by atoms with Gasteiger partial charge in [0, 0.05) is 0 Å². The Hall–Kier alpha value is 0.557. The van der Waals surface area contributed by atoms with Gasteiger partial charge < -0.3 is 11.8 Å². The Morgan fingerprint density at radius 1 is 1.00 bits per heavy atom. The Bertz CT molecular complexity index is 89.8. The first-order chi connectivity index (χ1) is 5.43. The van der Waals surface area contributed by atoms with E-state index in [2.05, 4.69) is 11.8 Å². The summed E-state index contributed by atoms with van der Waals surface area (Å²) >= 11 is 0. The van der Waals surface area contributed by atoms with Gasteiger partial charge in [-0.1, -0.05) is 12.8 Å². The summed E-state index contributed by atoms with van der Waals surface area (Å²) in [6.45, 7) is 7.88. The van der Waals surface area contributed by atoms with Crippen molar-refractivity contribution in [3.63, 3.8) is 0 Å². The summed E-state index contributed by atoms with van der Waals surface area (Å²) in [6.07, 6.45) is 8.04. The van der Waals surface area contributed by atoms with Crippen molar-refractivity contribution in [1.82, 2.24) is 4.90 Å². The van der Waals surface area contributed by atoms with Crippen molar-refractivity contribution in [1.29, 1.82) is 0 Å². The van der Waals surface area contributed by atoms with Crippen LogP contribution in [0.15, 0.2) is 0 Å². The first-order valence-corrected chi connectivity index (χ1v) is 4.95. The predicted octanol–water partition coefficient (Wildman–Crippen LogP) is -0.519. The number of hydrogen-bond acceptors (Lipinski definition) is 1. The summed E-state index contributed by atoms with van der Waals surface area (Å²) < 4.78 is 0. The average molecular weight is 161 g/mol. The van der Waals surface area contributed by atoms with Crippen LogP contribution in [0.1, 0.15) is 38.5 Å². The minimum absolute atomic E-state index is 0. The van der Waals surface area contributed by atoms with E-state index in [0.29, 0.717) is 0 Å². The maximum atomic E-state index is 3.84. The maximum Gasteiger partial charge on any atom is 1.00 e. The van der Waals surface area contributed by atoms with Crippen molar-refractivity contribution in [3.8, 4) is 0 Å². The van der Waals surface area contributed by atoms with E-state index in [-0.39, 0.29) is 18.9 Å². The molecule has 0 aromatic carbocycles. The molecule has 66 valence electrons. The third kappa shape index (κ3) is 5.25. The quantitative estimate of drug-likeness (QED) is 0.298. The van der Waals surface area contributed by atoms with Gasteiger partial charge in [0.25, 0.3) is 0 Å². The number of unbranched alkanes of at least 4 members (excludes halogenated alkanes) is 3. The second-order valence-electron chi connectivity index (χ2n) is 3.46. The van der Waals surface area contributed by atoms with Crippen LogP contribution in [-0.4, -0.2) is 24.5 Å². The molecule has 12 heavy (non-hydrogen) atoms. The topological polar surface area (TPSA) is 3.24 Å². The summed E-state index contributed by atoms with van der Waals surface area (Å²) in [7, 11) is 0. The molecule has 0 aromatic rings. The van der Waals surface area contributed by atoms with Gasteiger partial charge in [-0.3, -0.25) is 0 Å². The second-order valence-corrected chi connectivity index (χ2v) is 3.46. The maximum absolute atomic E-state index is 3.84. The van der Waals surface area contributed by atoms with E-state index < -0.39 is 0 Å². The fourth-order valence-corrected chi connectivity index (χ4v) is 1.70. The van der Waals surface area contributed by atoms with Crippen molar-refractivity contribution < 1.29 is 18.9 Å². The van der Waals surface area contributed by atoms with Crippen LogP contribution in [0, 0.1) is 6.92 Å². The Morgan fingerprint density at radius 2 is 1.67 bits per heavy atom. The van der Waals surface area contributed by atoms with E-state index in [9.17, 15) is 0 Å². The third-order valence-corrected chi connectivity index (χ3v) is 2.42. The number of rotatable bonds is 5. The van der Waals surface area contributed by atoms with Crippen LogP contribution in [0.4, 0.5) is 0 Å². The summed E-state index contributed by atoms with van der Waals surface area (Å²) in [5.41, 5.74) is 0. The molecule has 1 heterocycles. The van der Waals surface area contributed by atoms with Gasteiger partial charge in [-0.25, -0.2) is 0 Å². The molecule has 0 spiro atoms. The Labute approximate surface area is 89.1 Å². The summed E-state index contributed by atoms with van der Waals surface area (Å²) in [4.78, 5) is 2.59. The molecular weight excluding hydrogens is 141 g/mol. The molecule has 0 aliphatic carbocycles. The van der Waals surface area contributed by atoms with Crippen LogP contribution in [0.3, 0.4) is 0 Å². The first-order valence-electron chi connectivity index (χ1n) is 4.95. The molecule has 0 N–H and O–H groups in total. The van der Waals surface area contributed by atoms with Gasteiger partial charge in [0.1, 0.15) is 0 Å². The fourth-order valence-electron chi connectivity index (χ4n) is 1.70. The van der Waals surface area contributed by atoms with Crippen molar-refractivity contribution in [2.75, 3.05) is 19.6 Å². The van der Waals surface area contributed by atoms with E-state index in [1.807, 2.05) is 0 Å².